The van der Waals surface area contributed by atoms with Crippen LogP contribution in [0.4, 0.5) is 5.88 Å². The molecule has 2 aromatic carbocycles. The lowest BCUT2D eigenvalue weighted by Crippen LogP contribution is -2.28. The van der Waals surface area contributed by atoms with Gasteiger partial charge in [-0.05, 0) is 42.8 Å². The van der Waals surface area contributed by atoms with Gasteiger partial charge in [-0.3, -0.25) is 14.7 Å². The molecule has 32 heavy (non-hydrogen) atoms. The summed E-state index contributed by atoms with van der Waals surface area (Å²) >= 11 is 1.40. The Morgan fingerprint density at radius 1 is 0.938 bits per heavy atom. The van der Waals surface area contributed by atoms with Gasteiger partial charge in [0.15, 0.2) is 11.1 Å². The highest BCUT2D eigenvalue weighted by atomic mass is 32.2. The van der Waals surface area contributed by atoms with Crippen LogP contribution in [0.25, 0.3) is 6.08 Å². The first-order chi connectivity index (χ1) is 15.7. The number of amidine groups is 1. The third kappa shape index (κ3) is 5.14. The zero-order valence-corrected chi connectivity index (χ0v) is 19.2. The van der Waals surface area contributed by atoms with Crippen LogP contribution < -0.4 is 4.90 Å². The molecule has 3 aromatic rings. The summed E-state index contributed by atoms with van der Waals surface area (Å²) in [5.74, 6) is 1.44. The van der Waals surface area contributed by atoms with Gasteiger partial charge in [0.05, 0.1) is 18.0 Å². The van der Waals surface area contributed by atoms with Crippen LogP contribution >= 0.6 is 11.8 Å². The Morgan fingerprint density at radius 3 is 2.25 bits per heavy atom. The molecule has 1 aromatic heterocycles. The molecule has 0 saturated carbocycles. The van der Waals surface area contributed by atoms with Crippen molar-refractivity contribution in [2.24, 2.45) is 4.99 Å². The Balaban J connectivity index is 1.60. The molecular weight excluding hydrogens is 418 g/mol. The number of furan rings is 1. The number of rotatable bonds is 8. The molecule has 0 unspecified atom stereocenters. The minimum absolute atomic E-state index is 0.0496. The Morgan fingerprint density at radius 2 is 1.59 bits per heavy atom. The van der Waals surface area contributed by atoms with Gasteiger partial charge < -0.3 is 9.32 Å². The van der Waals surface area contributed by atoms with E-state index in [-0.39, 0.29) is 5.91 Å². The van der Waals surface area contributed by atoms with Crippen LogP contribution in [0, 0.1) is 0 Å². The normalized spacial score (nSPS) is 16.3. The summed E-state index contributed by atoms with van der Waals surface area (Å²) in [6.07, 6.45) is 1.82. The van der Waals surface area contributed by atoms with Gasteiger partial charge in [-0.2, -0.15) is 0 Å². The SMILES string of the molecule is CCN(CC)c1ccc(/C=C2\SC(=NCc3ccccc3)N(Cc3ccccc3)C2=O)o1. The summed E-state index contributed by atoms with van der Waals surface area (Å²) in [5.41, 5.74) is 2.18. The van der Waals surface area contributed by atoms with Gasteiger partial charge in [-0.25, -0.2) is 0 Å². The van der Waals surface area contributed by atoms with Gasteiger partial charge in [0.1, 0.15) is 5.76 Å². The molecule has 5 nitrogen and oxygen atoms in total. The molecule has 1 saturated heterocycles. The topological polar surface area (TPSA) is 49.0 Å². The molecule has 1 amide bonds. The predicted octanol–water partition coefficient (Wildman–Crippen LogP) is 5.80. The average molecular weight is 446 g/mol. The number of carbonyl (C=O) groups excluding carboxylic acids is 1. The summed E-state index contributed by atoms with van der Waals surface area (Å²) in [6.45, 7) is 6.95. The van der Waals surface area contributed by atoms with Crippen LogP contribution in [-0.2, 0) is 17.9 Å². The maximum Gasteiger partial charge on any atom is 0.267 e. The first-order valence-corrected chi connectivity index (χ1v) is 11.7. The predicted molar refractivity (Wildman–Crippen MR) is 132 cm³/mol. The highest BCUT2D eigenvalue weighted by molar-refractivity contribution is 8.18. The van der Waals surface area contributed by atoms with Gasteiger partial charge in [0.25, 0.3) is 5.91 Å². The summed E-state index contributed by atoms with van der Waals surface area (Å²) < 4.78 is 5.98. The molecule has 0 spiro atoms. The molecular formula is C26H27N3O2S. The summed E-state index contributed by atoms with van der Waals surface area (Å²) in [7, 11) is 0. The number of hydrogen-bond acceptors (Lipinski definition) is 5. The van der Waals surface area contributed by atoms with Crippen LogP contribution in [0.3, 0.4) is 0 Å². The largest absolute Gasteiger partial charge is 0.441 e. The first kappa shape index (κ1) is 22.0. The molecule has 0 radical (unpaired) electrons. The zero-order valence-electron chi connectivity index (χ0n) is 18.4. The van der Waals surface area contributed by atoms with Crippen molar-refractivity contribution < 1.29 is 9.21 Å². The van der Waals surface area contributed by atoms with E-state index in [0.29, 0.717) is 28.9 Å². The Labute approximate surface area is 193 Å². The number of amides is 1. The number of aliphatic imine (C=N–C) groups is 1. The molecule has 0 atom stereocenters. The Bertz CT molecular complexity index is 1100. The van der Waals surface area contributed by atoms with Gasteiger partial charge in [-0.1, -0.05) is 60.7 Å². The van der Waals surface area contributed by atoms with Gasteiger partial charge in [-0.15, -0.1) is 0 Å². The molecule has 1 fully saturated rings. The molecule has 0 bridgehead atoms. The zero-order chi connectivity index (χ0) is 22.3. The first-order valence-electron chi connectivity index (χ1n) is 10.9. The number of hydrogen-bond donors (Lipinski definition) is 0. The van der Waals surface area contributed by atoms with Crippen molar-refractivity contribution in [1.29, 1.82) is 0 Å². The van der Waals surface area contributed by atoms with E-state index in [9.17, 15) is 4.79 Å². The standard InChI is InChI=1S/C26H27N3O2S/c1-3-28(4-2)24-16-15-22(31-24)17-23-25(30)29(19-21-13-9-6-10-14-21)26(32-23)27-18-20-11-7-5-8-12-20/h5-17H,3-4,18-19H2,1-2H3/b23-17-,27-26?. The average Bonchev–Trinajstić information content (AvgIpc) is 3.40. The van der Waals surface area contributed by atoms with E-state index < -0.39 is 0 Å². The second-order valence-corrected chi connectivity index (χ2v) is 8.43. The number of carbonyl (C=O) groups is 1. The highest BCUT2D eigenvalue weighted by Crippen LogP contribution is 2.34. The van der Waals surface area contributed by atoms with E-state index in [1.165, 1.54) is 11.8 Å². The van der Waals surface area contributed by atoms with Gasteiger partial charge in [0.2, 0.25) is 0 Å². The second-order valence-electron chi connectivity index (χ2n) is 7.42. The van der Waals surface area contributed by atoms with Crippen molar-refractivity contribution in [1.82, 2.24) is 4.90 Å². The monoisotopic (exact) mass is 445 g/mol. The number of anilines is 1. The van der Waals surface area contributed by atoms with Crippen LogP contribution in [0.2, 0.25) is 0 Å². The van der Waals surface area contributed by atoms with Gasteiger partial charge in [0, 0.05) is 25.2 Å². The van der Waals surface area contributed by atoms with Crippen molar-refractivity contribution in [2.45, 2.75) is 26.9 Å². The minimum Gasteiger partial charge on any atom is -0.441 e. The second kappa shape index (κ2) is 10.4. The van der Waals surface area contributed by atoms with E-state index >= 15 is 0 Å². The van der Waals surface area contributed by atoms with E-state index in [4.69, 9.17) is 9.41 Å². The Hall–Kier alpha value is -3.25. The van der Waals surface area contributed by atoms with Crippen molar-refractivity contribution in [3.63, 3.8) is 0 Å². The van der Waals surface area contributed by atoms with E-state index in [1.54, 1.807) is 4.90 Å². The van der Waals surface area contributed by atoms with Crippen molar-refractivity contribution in [3.05, 3.63) is 94.6 Å². The lowest BCUT2D eigenvalue weighted by Gasteiger charge is -2.16. The summed E-state index contributed by atoms with van der Waals surface area (Å²) in [6, 6.07) is 23.9. The van der Waals surface area contributed by atoms with Crippen LogP contribution in [-0.4, -0.2) is 29.1 Å². The lowest BCUT2D eigenvalue weighted by atomic mass is 10.2. The Kier molecular flexibility index (Phi) is 7.12. The highest BCUT2D eigenvalue weighted by Gasteiger charge is 2.33. The van der Waals surface area contributed by atoms with E-state index in [2.05, 4.69) is 18.7 Å². The van der Waals surface area contributed by atoms with Gasteiger partial charge >= 0.3 is 0 Å². The summed E-state index contributed by atoms with van der Waals surface area (Å²) in [4.78, 5) is 22.6. The van der Waals surface area contributed by atoms with Crippen molar-refractivity contribution >= 4 is 34.8 Å². The number of benzene rings is 2. The fraction of sp³-hybridized carbons (Fsp3) is 0.231. The maximum absolute atomic E-state index is 13.3. The number of nitrogens with zero attached hydrogens (tertiary/aromatic N) is 3. The molecule has 4 rings (SSSR count). The molecule has 0 N–H and O–H groups in total. The molecule has 2 heterocycles. The van der Waals surface area contributed by atoms with Crippen LogP contribution in [0.1, 0.15) is 30.7 Å². The summed E-state index contributed by atoms with van der Waals surface area (Å²) in [5, 5.41) is 0.712. The fourth-order valence-electron chi connectivity index (χ4n) is 3.53. The third-order valence-electron chi connectivity index (χ3n) is 5.27. The molecule has 1 aliphatic rings. The lowest BCUT2D eigenvalue weighted by molar-refractivity contribution is -0.122. The molecule has 6 heteroatoms. The smallest absolute Gasteiger partial charge is 0.267 e. The van der Waals surface area contributed by atoms with Crippen LogP contribution in [0.15, 0.2) is 87.1 Å². The molecule has 164 valence electrons. The maximum atomic E-state index is 13.3. The quantitative estimate of drug-likeness (QED) is 0.411. The minimum atomic E-state index is -0.0496. The van der Waals surface area contributed by atoms with E-state index in [1.807, 2.05) is 78.9 Å². The van der Waals surface area contributed by atoms with Crippen molar-refractivity contribution in [2.75, 3.05) is 18.0 Å². The molecule has 0 aliphatic carbocycles. The van der Waals surface area contributed by atoms with E-state index in [0.717, 1.165) is 30.1 Å². The van der Waals surface area contributed by atoms with Crippen LogP contribution in [0.5, 0.6) is 0 Å². The van der Waals surface area contributed by atoms with Crippen molar-refractivity contribution in [3.8, 4) is 0 Å². The third-order valence-corrected chi connectivity index (χ3v) is 6.32. The fourth-order valence-corrected chi connectivity index (χ4v) is 4.48. The molecule has 1 aliphatic heterocycles. The number of thioether (sulfide) groups is 1.